The highest BCUT2D eigenvalue weighted by Crippen LogP contribution is 2.24. The Labute approximate surface area is 143 Å². The Morgan fingerprint density at radius 2 is 1.52 bits per heavy atom. The fraction of sp³-hybridized carbons (Fsp3) is 0.176. The molecule has 0 aliphatic carbocycles. The van der Waals surface area contributed by atoms with Gasteiger partial charge in [-0.2, -0.15) is 0 Å². The van der Waals surface area contributed by atoms with Gasteiger partial charge in [-0.1, -0.05) is 24.3 Å². The second kappa shape index (κ2) is 8.33. The first-order valence-electron chi connectivity index (χ1n) is 7.16. The van der Waals surface area contributed by atoms with Crippen molar-refractivity contribution >= 4 is 39.1 Å². The lowest BCUT2D eigenvalue weighted by molar-refractivity contribution is -0.123. The molecule has 0 aliphatic rings. The van der Waals surface area contributed by atoms with Gasteiger partial charge in [0, 0.05) is 4.47 Å². The quantitative estimate of drug-likeness (QED) is 0.753. The Morgan fingerprint density at radius 3 is 2.17 bits per heavy atom. The highest BCUT2D eigenvalue weighted by atomic mass is 79.9. The number of carbonyl (C=O) groups excluding carboxylic acids is 2. The maximum absolute atomic E-state index is 12.0. The van der Waals surface area contributed by atoms with Crippen molar-refractivity contribution in [2.24, 2.45) is 0 Å². The van der Waals surface area contributed by atoms with Crippen LogP contribution >= 0.6 is 15.9 Å². The van der Waals surface area contributed by atoms with Crippen LogP contribution in [-0.4, -0.2) is 18.4 Å². The first-order valence-corrected chi connectivity index (χ1v) is 7.95. The summed E-state index contributed by atoms with van der Waals surface area (Å²) in [7, 11) is 0. The van der Waals surface area contributed by atoms with E-state index in [0.29, 0.717) is 23.7 Å². The van der Waals surface area contributed by atoms with Crippen LogP contribution < -0.4 is 15.4 Å². The molecule has 0 heterocycles. The largest absolute Gasteiger partial charge is 0.492 e. The number of rotatable bonds is 6. The number of nitrogens with one attached hydrogen (secondary N) is 2. The molecule has 2 N–H and O–H groups in total. The molecule has 0 atom stereocenters. The predicted octanol–water partition coefficient (Wildman–Crippen LogP) is 3.82. The third-order valence-corrected chi connectivity index (χ3v) is 3.62. The van der Waals surface area contributed by atoms with Gasteiger partial charge >= 0.3 is 0 Å². The third kappa shape index (κ3) is 5.10. The Morgan fingerprint density at radius 1 is 0.957 bits per heavy atom. The van der Waals surface area contributed by atoms with Gasteiger partial charge in [0.15, 0.2) is 0 Å². The van der Waals surface area contributed by atoms with Gasteiger partial charge in [0.1, 0.15) is 12.2 Å². The predicted molar refractivity (Wildman–Crippen MR) is 93.6 cm³/mol. The molecule has 2 rings (SSSR count). The molecule has 5 nitrogen and oxygen atoms in total. The van der Waals surface area contributed by atoms with Crippen LogP contribution in [0.5, 0.6) is 5.75 Å². The maximum Gasteiger partial charge on any atom is 0.233 e. The number of hydrogen-bond donors (Lipinski definition) is 2. The number of ether oxygens (including phenoxy) is 1. The SMILES string of the molecule is CCOc1ccccc1NC(=O)CC(=O)Nc1ccccc1Br. The van der Waals surface area contributed by atoms with Crippen molar-refractivity contribution in [3.8, 4) is 5.75 Å². The molecule has 120 valence electrons. The number of hydrogen-bond acceptors (Lipinski definition) is 3. The van der Waals surface area contributed by atoms with Crippen molar-refractivity contribution < 1.29 is 14.3 Å². The molecular weight excluding hydrogens is 360 g/mol. The summed E-state index contributed by atoms with van der Waals surface area (Å²) in [5.74, 6) is -0.209. The average Bonchev–Trinajstić information content (AvgIpc) is 2.51. The zero-order chi connectivity index (χ0) is 16.7. The molecule has 2 aromatic carbocycles. The van der Waals surface area contributed by atoms with E-state index in [2.05, 4.69) is 26.6 Å². The van der Waals surface area contributed by atoms with E-state index < -0.39 is 5.91 Å². The second-order valence-corrected chi connectivity index (χ2v) is 5.54. The van der Waals surface area contributed by atoms with E-state index >= 15 is 0 Å². The smallest absolute Gasteiger partial charge is 0.233 e. The van der Waals surface area contributed by atoms with Crippen LogP contribution in [0.15, 0.2) is 53.0 Å². The molecular formula is C17H17BrN2O3. The Hall–Kier alpha value is -2.34. The highest BCUT2D eigenvalue weighted by molar-refractivity contribution is 9.10. The summed E-state index contributed by atoms with van der Waals surface area (Å²) in [5.41, 5.74) is 1.17. The number of halogens is 1. The summed E-state index contributed by atoms with van der Waals surface area (Å²) in [6.07, 6.45) is -0.276. The van der Waals surface area contributed by atoms with Crippen LogP contribution in [0.25, 0.3) is 0 Å². The number of anilines is 2. The van der Waals surface area contributed by atoms with Crippen molar-refractivity contribution in [1.29, 1.82) is 0 Å². The number of benzene rings is 2. The molecule has 0 radical (unpaired) electrons. The van der Waals surface area contributed by atoms with Crippen LogP contribution in [-0.2, 0) is 9.59 Å². The van der Waals surface area contributed by atoms with Crippen LogP contribution in [0.1, 0.15) is 13.3 Å². The van der Waals surface area contributed by atoms with E-state index in [0.717, 1.165) is 4.47 Å². The Balaban J connectivity index is 1.95. The van der Waals surface area contributed by atoms with Crippen molar-refractivity contribution in [1.82, 2.24) is 0 Å². The summed E-state index contributed by atoms with van der Waals surface area (Å²) in [5, 5.41) is 5.38. The molecule has 2 amide bonds. The summed E-state index contributed by atoms with van der Waals surface area (Å²) in [4.78, 5) is 24.0. The molecule has 2 aromatic rings. The molecule has 0 saturated carbocycles. The van der Waals surface area contributed by atoms with Gasteiger partial charge in [0.25, 0.3) is 0 Å². The van der Waals surface area contributed by atoms with Crippen molar-refractivity contribution in [3.63, 3.8) is 0 Å². The van der Waals surface area contributed by atoms with Gasteiger partial charge in [0.05, 0.1) is 18.0 Å². The average molecular weight is 377 g/mol. The van der Waals surface area contributed by atoms with E-state index in [1.54, 1.807) is 30.3 Å². The lowest BCUT2D eigenvalue weighted by Crippen LogP contribution is -2.21. The maximum atomic E-state index is 12.0. The van der Waals surface area contributed by atoms with E-state index in [-0.39, 0.29) is 12.3 Å². The number of para-hydroxylation sites is 3. The summed E-state index contributed by atoms with van der Waals surface area (Å²) >= 11 is 3.34. The molecule has 0 unspecified atom stereocenters. The van der Waals surface area contributed by atoms with Gasteiger partial charge in [-0.15, -0.1) is 0 Å². The van der Waals surface area contributed by atoms with Crippen molar-refractivity contribution in [3.05, 3.63) is 53.0 Å². The van der Waals surface area contributed by atoms with E-state index in [9.17, 15) is 9.59 Å². The molecule has 23 heavy (non-hydrogen) atoms. The first kappa shape index (κ1) is 17.0. The molecule has 0 bridgehead atoms. The lowest BCUT2D eigenvalue weighted by Gasteiger charge is -2.11. The van der Waals surface area contributed by atoms with Crippen LogP contribution in [0.4, 0.5) is 11.4 Å². The fourth-order valence-corrected chi connectivity index (χ4v) is 2.33. The molecule has 6 heteroatoms. The van der Waals surface area contributed by atoms with Gasteiger partial charge in [-0.3, -0.25) is 9.59 Å². The zero-order valence-electron chi connectivity index (χ0n) is 12.6. The minimum Gasteiger partial charge on any atom is -0.492 e. The summed E-state index contributed by atoms with van der Waals surface area (Å²) in [6, 6.07) is 14.3. The van der Waals surface area contributed by atoms with Crippen molar-refractivity contribution in [2.75, 3.05) is 17.2 Å². The van der Waals surface area contributed by atoms with Gasteiger partial charge < -0.3 is 15.4 Å². The fourth-order valence-electron chi connectivity index (χ4n) is 1.95. The Bertz CT molecular complexity index is 704. The molecule has 0 fully saturated rings. The van der Waals surface area contributed by atoms with E-state index in [4.69, 9.17) is 4.74 Å². The standard InChI is InChI=1S/C17H17BrN2O3/c1-2-23-15-10-6-5-9-14(15)20-17(22)11-16(21)19-13-8-4-3-7-12(13)18/h3-10H,2,11H2,1H3,(H,19,21)(H,20,22). The minimum absolute atomic E-state index is 0.276. The lowest BCUT2D eigenvalue weighted by atomic mass is 10.2. The number of amides is 2. The van der Waals surface area contributed by atoms with E-state index in [1.807, 2.05) is 25.1 Å². The Kier molecular flexibility index (Phi) is 6.17. The monoisotopic (exact) mass is 376 g/mol. The van der Waals surface area contributed by atoms with Gasteiger partial charge in [-0.25, -0.2) is 0 Å². The number of carbonyl (C=O) groups is 2. The molecule has 0 saturated heterocycles. The molecule has 0 spiro atoms. The topological polar surface area (TPSA) is 67.4 Å². The molecule has 0 aliphatic heterocycles. The normalized spacial score (nSPS) is 10.0. The summed E-state index contributed by atoms with van der Waals surface area (Å²) < 4.78 is 6.19. The van der Waals surface area contributed by atoms with Gasteiger partial charge in [0.2, 0.25) is 11.8 Å². The van der Waals surface area contributed by atoms with E-state index in [1.165, 1.54) is 0 Å². The summed E-state index contributed by atoms with van der Waals surface area (Å²) in [6.45, 7) is 2.36. The van der Waals surface area contributed by atoms with Crippen LogP contribution in [0.3, 0.4) is 0 Å². The van der Waals surface area contributed by atoms with Crippen LogP contribution in [0, 0.1) is 0 Å². The first-order chi connectivity index (χ1) is 11.1. The molecule has 0 aromatic heterocycles. The third-order valence-electron chi connectivity index (χ3n) is 2.93. The van der Waals surface area contributed by atoms with Crippen LogP contribution in [0.2, 0.25) is 0 Å². The minimum atomic E-state index is -0.401. The van der Waals surface area contributed by atoms with Gasteiger partial charge in [-0.05, 0) is 47.1 Å². The van der Waals surface area contributed by atoms with Crippen molar-refractivity contribution in [2.45, 2.75) is 13.3 Å². The highest BCUT2D eigenvalue weighted by Gasteiger charge is 2.13. The zero-order valence-corrected chi connectivity index (χ0v) is 14.2. The second-order valence-electron chi connectivity index (χ2n) is 4.68.